The molecule has 0 fully saturated rings. The Hall–Kier alpha value is -1.20. The van der Waals surface area contributed by atoms with Crippen molar-refractivity contribution in [3.05, 3.63) is 46.0 Å². The van der Waals surface area contributed by atoms with Crippen LogP contribution in [0.25, 0.3) is 0 Å². The zero-order chi connectivity index (χ0) is 13.8. The van der Waals surface area contributed by atoms with E-state index < -0.39 is 0 Å². The zero-order valence-corrected chi connectivity index (χ0v) is 13.1. The van der Waals surface area contributed by atoms with Gasteiger partial charge in [-0.1, -0.05) is 0 Å². The Balaban J connectivity index is 2.07. The number of rotatable bonds is 5. The summed E-state index contributed by atoms with van der Waals surface area (Å²) >= 11 is 3.61. The number of nitrogens with zero attached hydrogens (tertiary/aromatic N) is 3. The standard InChI is InChI=1S/C14H19BrN4/c1-4-19-13(14(15)11(3)18-19)9-17-10(2)12-5-7-16-8-6-12/h5-8,10,17H,4,9H2,1-3H3. The van der Waals surface area contributed by atoms with E-state index in [2.05, 4.69) is 45.2 Å². The lowest BCUT2D eigenvalue weighted by molar-refractivity contribution is 0.529. The van der Waals surface area contributed by atoms with E-state index >= 15 is 0 Å². The van der Waals surface area contributed by atoms with Crippen molar-refractivity contribution in [1.82, 2.24) is 20.1 Å². The van der Waals surface area contributed by atoms with Gasteiger partial charge >= 0.3 is 0 Å². The quantitative estimate of drug-likeness (QED) is 0.919. The van der Waals surface area contributed by atoms with E-state index in [1.54, 1.807) is 0 Å². The van der Waals surface area contributed by atoms with Gasteiger partial charge in [-0.2, -0.15) is 5.10 Å². The average Bonchev–Trinajstić information content (AvgIpc) is 2.72. The molecule has 102 valence electrons. The third kappa shape index (κ3) is 3.22. The van der Waals surface area contributed by atoms with Gasteiger partial charge < -0.3 is 5.32 Å². The summed E-state index contributed by atoms with van der Waals surface area (Å²) in [5, 5.41) is 8.02. The highest BCUT2D eigenvalue weighted by atomic mass is 79.9. The molecule has 1 atom stereocenters. The Kier molecular flexibility index (Phi) is 4.71. The molecular formula is C14H19BrN4. The first-order chi connectivity index (χ1) is 9.13. The van der Waals surface area contributed by atoms with Crippen LogP contribution in [0.4, 0.5) is 0 Å². The molecule has 2 aromatic rings. The van der Waals surface area contributed by atoms with Crippen LogP contribution in [0.1, 0.15) is 36.8 Å². The molecule has 1 N–H and O–H groups in total. The second-order valence-electron chi connectivity index (χ2n) is 4.54. The second-order valence-corrected chi connectivity index (χ2v) is 5.34. The summed E-state index contributed by atoms with van der Waals surface area (Å²) in [4.78, 5) is 4.04. The van der Waals surface area contributed by atoms with Gasteiger partial charge in [0.05, 0.1) is 15.9 Å². The molecule has 0 saturated carbocycles. The topological polar surface area (TPSA) is 42.7 Å². The van der Waals surface area contributed by atoms with Crippen LogP contribution in [-0.2, 0) is 13.1 Å². The normalized spacial score (nSPS) is 12.6. The maximum atomic E-state index is 4.50. The van der Waals surface area contributed by atoms with Crippen molar-refractivity contribution in [3.63, 3.8) is 0 Å². The lowest BCUT2D eigenvalue weighted by Crippen LogP contribution is -2.20. The summed E-state index contributed by atoms with van der Waals surface area (Å²) in [5.41, 5.74) is 3.47. The van der Waals surface area contributed by atoms with Crippen molar-refractivity contribution in [2.45, 2.75) is 39.9 Å². The minimum Gasteiger partial charge on any atom is -0.305 e. The van der Waals surface area contributed by atoms with Crippen LogP contribution in [0.2, 0.25) is 0 Å². The van der Waals surface area contributed by atoms with Gasteiger partial charge in [-0.15, -0.1) is 0 Å². The molecule has 5 heteroatoms. The predicted octanol–water partition coefficient (Wildman–Crippen LogP) is 3.22. The Bertz CT molecular complexity index is 536. The lowest BCUT2D eigenvalue weighted by Gasteiger charge is -2.14. The predicted molar refractivity (Wildman–Crippen MR) is 79.8 cm³/mol. The summed E-state index contributed by atoms with van der Waals surface area (Å²) in [5.74, 6) is 0. The monoisotopic (exact) mass is 322 g/mol. The molecule has 2 heterocycles. The summed E-state index contributed by atoms with van der Waals surface area (Å²) in [6.45, 7) is 7.95. The Labute approximate surface area is 122 Å². The third-order valence-corrected chi connectivity index (χ3v) is 4.27. The fourth-order valence-corrected chi connectivity index (χ4v) is 2.48. The van der Waals surface area contributed by atoms with Crippen LogP contribution in [0, 0.1) is 6.92 Å². The van der Waals surface area contributed by atoms with Gasteiger partial charge in [0.25, 0.3) is 0 Å². The molecule has 0 aliphatic rings. The molecule has 0 radical (unpaired) electrons. The van der Waals surface area contributed by atoms with Gasteiger partial charge in [0.1, 0.15) is 0 Å². The van der Waals surface area contributed by atoms with Gasteiger partial charge in [0.15, 0.2) is 0 Å². The second kappa shape index (κ2) is 6.30. The van der Waals surface area contributed by atoms with Crippen LogP contribution in [0.15, 0.2) is 29.0 Å². The number of halogens is 1. The summed E-state index contributed by atoms with van der Waals surface area (Å²) in [6.07, 6.45) is 3.65. The zero-order valence-electron chi connectivity index (χ0n) is 11.5. The van der Waals surface area contributed by atoms with Crippen LogP contribution in [-0.4, -0.2) is 14.8 Å². The molecular weight excluding hydrogens is 304 g/mol. The number of aryl methyl sites for hydroxylation is 2. The van der Waals surface area contributed by atoms with E-state index in [0.29, 0.717) is 0 Å². The largest absolute Gasteiger partial charge is 0.305 e. The number of pyridine rings is 1. The van der Waals surface area contributed by atoms with E-state index in [4.69, 9.17) is 0 Å². The fourth-order valence-electron chi connectivity index (χ4n) is 2.06. The number of hydrogen-bond donors (Lipinski definition) is 1. The van der Waals surface area contributed by atoms with E-state index in [1.807, 2.05) is 36.1 Å². The maximum Gasteiger partial charge on any atom is 0.0739 e. The first-order valence-electron chi connectivity index (χ1n) is 6.48. The molecule has 0 amide bonds. The van der Waals surface area contributed by atoms with Crippen LogP contribution >= 0.6 is 15.9 Å². The van der Waals surface area contributed by atoms with Crippen molar-refractivity contribution in [2.75, 3.05) is 0 Å². The molecule has 0 aliphatic carbocycles. The Morgan fingerprint density at radius 3 is 2.68 bits per heavy atom. The highest BCUT2D eigenvalue weighted by molar-refractivity contribution is 9.10. The molecule has 4 nitrogen and oxygen atoms in total. The lowest BCUT2D eigenvalue weighted by atomic mass is 10.1. The van der Waals surface area contributed by atoms with Crippen molar-refractivity contribution in [1.29, 1.82) is 0 Å². The van der Waals surface area contributed by atoms with Gasteiger partial charge in [-0.3, -0.25) is 9.67 Å². The summed E-state index contributed by atoms with van der Waals surface area (Å²) in [6, 6.07) is 4.36. The minimum absolute atomic E-state index is 0.287. The summed E-state index contributed by atoms with van der Waals surface area (Å²) in [7, 11) is 0. The minimum atomic E-state index is 0.287. The first-order valence-corrected chi connectivity index (χ1v) is 7.27. The molecule has 0 spiro atoms. The van der Waals surface area contributed by atoms with Gasteiger partial charge in [0, 0.05) is 31.5 Å². The van der Waals surface area contributed by atoms with Crippen molar-refractivity contribution in [3.8, 4) is 0 Å². The van der Waals surface area contributed by atoms with Gasteiger partial charge in [0.2, 0.25) is 0 Å². The molecule has 0 aliphatic heterocycles. The third-order valence-electron chi connectivity index (χ3n) is 3.23. The molecule has 0 saturated heterocycles. The van der Waals surface area contributed by atoms with Crippen LogP contribution < -0.4 is 5.32 Å². The van der Waals surface area contributed by atoms with Crippen LogP contribution in [0.5, 0.6) is 0 Å². The maximum absolute atomic E-state index is 4.50. The summed E-state index contributed by atoms with van der Waals surface area (Å²) < 4.78 is 3.13. The Morgan fingerprint density at radius 1 is 1.37 bits per heavy atom. The highest BCUT2D eigenvalue weighted by Gasteiger charge is 2.13. The Morgan fingerprint density at radius 2 is 2.05 bits per heavy atom. The number of aromatic nitrogens is 3. The molecule has 19 heavy (non-hydrogen) atoms. The molecule has 0 aromatic carbocycles. The highest BCUT2D eigenvalue weighted by Crippen LogP contribution is 2.22. The average molecular weight is 323 g/mol. The molecule has 1 unspecified atom stereocenters. The molecule has 0 bridgehead atoms. The van der Waals surface area contributed by atoms with Crippen molar-refractivity contribution in [2.24, 2.45) is 0 Å². The SMILES string of the molecule is CCn1nc(C)c(Br)c1CNC(C)c1ccncc1. The number of nitrogens with one attached hydrogen (secondary N) is 1. The van der Waals surface area contributed by atoms with Crippen molar-refractivity contribution >= 4 is 15.9 Å². The van der Waals surface area contributed by atoms with Gasteiger partial charge in [-0.05, 0) is 54.4 Å². The van der Waals surface area contributed by atoms with Crippen molar-refractivity contribution < 1.29 is 0 Å². The number of hydrogen-bond acceptors (Lipinski definition) is 3. The van der Waals surface area contributed by atoms with Gasteiger partial charge in [-0.25, -0.2) is 0 Å². The van der Waals surface area contributed by atoms with E-state index in [0.717, 1.165) is 23.3 Å². The first kappa shape index (κ1) is 14.2. The van der Waals surface area contributed by atoms with E-state index in [9.17, 15) is 0 Å². The smallest absolute Gasteiger partial charge is 0.0739 e. The van der Waals surface area contributed by atoms with E-state index in [-0.39, 0.29) is 6.04 Å². The van der Waals surface area contributed by atoms with E-state index in [1.165, 1.54) is 11.3 Å². The molecule has 2 rings (SSSR count). The van der Waals surface area contributed by atoms with Crippen LogP contribution in [0.3, 0.4) is 0 Å². The fraction of sp³-hybridized carbons (Fsp3) is 0.429. The molecule has 2 aromatic heterocycles.